The lowest BCUT2D eigenvalue weighted by Gasteiger charge is -2.31. The Morgan fingerprint density at radius 1 is 1.50 bits per heavy atom. The molecular formula is C13H26N2O. The lowest BCUT2D eigenvalue weighted by atomic mass is 10.1. The van der Waals surface area contributed by atoms with Gasteiger partial charge in [-0.1, -0.05) is 20.3 Å². The normalized spacial score (nSPS) is 22.1. The molecule has 0 aliphatic carbocycles. The second kappa shape index (κ2) is 6.89. The third-order valence-corrected chi connectivity index (χ3v) is 3.52. The Hall–Kier alpha value is -0.570. The van der Waals surface area contributed by atoms with E-state index in [4.69, 9.17) is 0 Å². The summed E-state index contributed by atoms with van der Waals surface area (Å²) in [4.78, 5) is 14.4. The van der Waals surface area contributed by atoms with E-state index in [1.807, 2.05) is 0 Å². The Bertz CT molecular complexity index is 212. The van der Waals surface area contributed by atoms with Crippen molar-refractivity contribution in [3.05, 3.63) is 0 Å². The molecule has 1 unspecified atom stereocenters. The maximum absolute atomic E-state index is 12.3. The summed E-state index contributed by atoms with van der Waals surface area (Å²) in [7, 11) is 0. The van der Waals surface area contributed by atoms with E-state index in [0.717, 1.165) is 45.2 Å². The Morgan fingerprint density at radius 3 is 2.75 bits per heavy atom. The van der Waals surface area contributed by atoms with E-state index in [0.29, 0.717) is 11.9 Å². The van der Waals surface area contributed by atoms with Gasteiger partial charge in [0.25, 0.3) is 0 Å². The highest BCUT2D eigenvalue weighted by atomic mass is 16.2. The third-order valence-electron chi connectivity index (χ3n) is 3.52. The quantitative estimate of drug-likeness (QED) is 0.753. The van der Waals surface area contributed by atoms with E-state index < -0.39 is 0 Å². The van der Waals surface area contributed by atoms with Crippen molar-refractivity contribution in [2.45, 2.75) is 65.0 Å². The van der Waals surface area contributed by atoms with E-state index in [1.54, 1.807) is 0 Å². The molecule has 2 atom stereocenters. The monoisotopic (exact) mass is 226 g/mol. The van der Waals surface area contributed by atoms with Crippen molar-refractivity contribution in [2.75, 3.05) is 13.1 Å². The van der Waals surface area contributed by atoms with Gasteiger partial charge in [0, 0.05) is 12.6 Å². The fourth-order valence-corrected chi connectivity index (χ4v) is 2.19. The van der Waals surface area contributed by atoms with Crippen molar-refractivity contribution in [1.82, 2.24) is 10.2 Å². The number of rotatable bonds is 6. The van der Waals surface area contributed by atoms with Gasteiger partial charge in [-0.3, -0.25) is 4.79 Å². The van der Waals surface area contributed by atoms with Crippen molar-refractivity contribution >= 4 is 5.91 Å². The Kier molecular flexibility index (Phi) is 5.81. The van der Waals surface area contributed by atoms with Crippen LogP contribution in [0.2, 0.25) is 0 Å². The summed E-state index contributed by atoms with van der Waals surface area (Å²) in [5.41, 5.74) is 0. The van der Waals surface area contributed by atoms with Crippen molar-refractivity contribution in [1.29, 1.82) is 0 Å². The van der Waals surface area contributed by atoms with Gasteiger partial charge in [0.1, 0.15) is 0 Å². The Balaban J connectivity index is 2.55. The van der Waals surface area contributed by atoms with E-state index in [9.17, 15) is 4.79 Å². The second-order valence-electron chi connectivity index (χ2n) is 4.79. The highest BCUT2D eigenvalue weighted by Crippen LogP contribution is 2.13. The smallest absolute Gasteiger partial charge is 0.239 e. The summed E-state index contributed by atoms with van der Waals surface area (Å²) >= 11 is 0. The predicted molar refractivity (Wildman–Crippen MR) is 67.4 cm³/mol. The molecule has 1 aliphatic rings. The van der Waals surface area contributed by atoms with Crippen LogP contribution in [-0.4, -0.2) is 36.0 Å². The van der Waals surface area contributed by atoms with Crippen LogP contribution in [0.4, 0.5) is 0 Å². The average Bonchev–Trinajstić information content (AvgIpc) is 2.82. The number of hydrogen-bond acceptors (Lipinski definition) is 2. The molecule has 0 saturated carbocycles. The molecule has 1 fully saturated rings. The van der Waals surface area contributed by atoms with Gasteiger partial charge in [-0.25, -0.2) is 0 Å². The Labute approximate surface area is 99.6 Å². The molecule has 1 N–H and O–H groups in total. The highest BCUT2D eigenvalue weighted by molar-refractivity contribution is 5.82. The summed E-state index contributed by atoms with van der Waals surface area (Å²) in [6, 6.07) is 0.465. The zero-order valence-corrected chi connectivity index (χ0v) is 11.0. The number of unbranched alkanes of at least 4 members (excludes halogenated alkanes) is 1. The molecule has 1 aliphatic heterocycles. The standard InChI is InChI=1S/C13H26N2O/c1-4-6-10-15(11(3)5-2)13(16)12-8-7-9-14-12/h11-12,14H,4-10H2,1-3H3/t11?,12-/m0/s1. The van der Waals surface area contributed by atoms with Crippen LogP contribution >= 0.6 is 0 Å². The molecule has 0 aromatic rings. The predicted octanol–water partition coefficient (Wildman–Crippen LogP) is 2.17. The summed E-state index contributed by atoms with van der Waals surface area (Å²) in [5, 5.41) is 3.30. The zero-order valence-electron chi connectivity index (χ0n) is 11.0. The number of nitrogens with one attached hydrogen (secondary N) is 1. The molecule has 94 valence electrons. The van der Waals surface area contributed by atoms with Crippen LogP contribution in [0.15, 0.2) is 0 Å². The lowest BCUT2D eigenvalue weighted by Crippen LogP contribution is -2.47. The first kappa shape index (κ1) is 13.5. The maximum Gasteiger partial charge on any atom is 0.239 e. The molecule has 0 aromatic carbocycles. The molecule has 0 aromatic heterocycles. The number of carbonyl (C=O) groups excluding carboxylic acids is 1. The topological polar surface area (TPSA) is 32.3 Å². The molecule has 0 bridgehead atoms. The first-order valence-electron chi connectivity index (χ1n) is 6.74. The minimum atomic E-state index is 0.0888. The van der Waals surface area contributed by atoms with Gasteiger partial charge in [-0.2, -0.15) is 0 Å². The fraction of sp³-hybridized carbons (Fsp3) is 0.923. The van der Waals surface area contributed by atoms with Crippen molar-refractivity contribution in [3.8, 4) is 0 Å². The number of hydrogen-bond donors (Lipinski definition) is 1. The lowest BCUT2D eigenvalue weighted by molar-refractivity contribution is -0.135. The van der Waals surface area contributed by atoms with E-state index >= 15 is 0 Å². The molecular weight excluding hydrogens is 200 g/mol. The molecule has 0 radical (unpaired) electrons. The maximum atomic E-state index is 12.3. The van der Waals surface area contributed by atoms with Crippen LogP contribution in [0.5, 0.6) is 0 Å². The Morgan fingerprint density at radius 2 is 2.25 bits per heavy atom. The summed E-state index contributed by atoms with van der Waals surface area (Å²) < 4.78 is 0. The molecule has 1 rings (SSSR count). The van der Waals surface area contributed by atoms with Gasteiger partial charge in [0.2, 0.25) is 5.91 Å². The molecule has 1 amide bonds. The van der Waals surface area contributed by atoms with Crippen LogP contribution in [0.1, 0.15) is 52.9 Å². The highest BCUT2D eigenvalue weighted by Gasteiger charge is 2.28. The van der Waals surface area contributed by atoms with Crippen molar-refractivity contribution in [2.24, 2.45) is 0 Å². The van der Waals surface area contributed by atoms with Gasteiger partial charge in [-0.15, -0.1) is 0 Å². The van der Waals surface area contributed by atoms with Gasteiger partial charge in [0.15, 0.2) is 0 Å². The average molecular weight is 226 g/mol. The molecule has 1 heterocycles. The summed E-state index contributed by atoms with van der Waals surface area (Å²) in [6.45, 7) is 8.40. The van der Waals surface area contributed by atoms with Crippen LogP contribution < -0.4 is 5.32 Å². The minimum absolute atomic E-state index is 0.0888. The molecule has 3 nitrogen and oxygen atoms in total. The van der Waals surface area contributed by atoms with E-state index in [-0.39, 0.29) is 6.04 Å². The van der Waals surface area contributed by atoms with E-state index in [1.165, 1.54) is 0 Å². The minimum Gasteiger partial charge on any atom is -0.339 e. The zero-order chi connectivity index (χ0) is 12.0. The van der Waals surface area contributed by atoms with E-state index in [2.05, 4.69) is 31.0 Å². The van der Waals surface area contributed by atoms with Gasteiger partial charge in [-0.05, 0) is 39.2 Å². The van der Waals surface area contributed by atoms with Crippen molar-refractivity contribution in [3.63, 3.8) is 0 Å². The van der Waals surface area contributed by atoms with Crippen molar-refractivity contribution < 1.29 is 4.79 Å². The van der Waals surface area contributed by atoms with Gasteiger partial charge in [0.05, 0.1) is 6.04 Å². The fourth-order valence-electron chi connectivity index (χ4n) is 2.19. The SMILES string of the molecule is CCCCN(C(=O)[C@@H]1CCCN1)C(C)CC. The largest absolute Gasteiger partial charge is 0.339 e. The van der Waals surface area contributed by atoms with Gasteiger partial charge < -0.3 is 10.2 Å². The molecule has 0 spiro atoms. The molecule has 1 saturated heterocycles. The summed E-state index contributed by atoms with van der Waals surface area (Å²) in [6.07, 6.45) is 5.46. The first-order valence-corrected chi connectivity index (χ1v) is 6.74. The number of carbonyl (C=O) groups is 1. The molecule has 16 heavy (non-hydrogen) atoms. The number of amides is 1. The summed E-state index contributed by atoms with van der Waals surface area (Å²) in [5.74, 6) is 0.320. The third kappa shape index (κ3) is 3.48. The second-order valence-corrected chi connectivity index (χ2v) is 4.79. The van der Waals surface area contributed by atoms with Crippen LogP contribution in [0.3, 0.4) is 0 Å². The molecule has 3 heteroatoms. The van der Waals surface area contributed by atoms with Gasteiger partial charge >= 0.3 is 0 Å². The van der Waals surface area contributed by atoms with Crippen LogP contribution in [-0.2, 0) is 4.79 Å². The van der Waals surface area contributed by atoms with Crippen LogP contribution in [0, 0.1) is 0 Å². The first-order chi connectivity index (χ1) is 7.70. The van der Waals surface area contributed by atoms with Crippen LogP contribution in [0.25, 0.3) is 0 Å². The number of nitrogens with zero attached hydrogens (tertiary/aromatic N) is 1.